The molecule has 5 aromatic rings. The highest BCUT2D eigenvalue weighted by Crippen LogP contribution is 2.36. The van der Waals surface area contributed by atoms with E-state index in [-0.39, 0.29) is 18.4 Å². The van der Waals surface area contributed by atoms with Crippen molar-refractivity contribution in [1.82, 2.24) is 10.3 Å². The average molecular weight is 485 g/mol. The summed E-state index contributed by atoms with van der Waals surface area (Å²) in [5.74, 6) is 1.45. The Hall–Kier alpha value is -4.00. The Balaban J connectivity index is 1.31. The normalized spacial score (nSPS) is 15.5. The van der Waals surface area contributed by atoms with Gasteiger partial charge >= 0.3 is 5.63 Å². The SMILES string of the molecule is COc1ccc2[nH]c3c(c2c1)CCC[C@@H]3NC(=O)Cc1c(C)c2cc3c(C)c(C)oc3cc2oc1=O. The van der Waals surface area contributed by atoms with Gasteiger partial charge in [-0.25, -0.2) is 4.79 Å². The number of aromatic nitrogens is 1. The van der Waals surface area contributed by atoms with E-state index < -0.39 is 5.63 Å². The average Bonchev–Trinajstić information content (AvgIpc) is 3.37. The molecule has 7 nitrogen and oxygen atoms in total. The minimum absolute atomic E-state index is 0.0363. The van der Waals surface area contributed by atoms with Crippen LogP contribution >= 0.6 is 0 Å². The Kier molecular flexibility index (Phi) is 5.18. The first kappa shape index (κ1) is 22.5. The molecule has 0 saturated heterocycles. The first-order valence-electron chi connectivity index (χ1n) is 12.3. The maximum absolute atomic E-state index is 13.2. The van der Waals surface area contributed by atoms with Gasteiger partial charge in [-0.2, -0.15) is 0 Å². The molecule has 0 fully saturated rings. The van der Waals surface area contributed by atoms with Gasteiger partial charge in [0.1, 0.15) is 22.7 Å². The van der Waals surface area contributed by atoms with Gasteiger partial charge in [-0.15, -0.1) is 0 Å². The van der Waals surface area contributed by atoms with Crippen molar-refractivity contribution in [1.29, 1.82) is 0 Å². The molecule has 6 rings (SSSR count). The maximum atomic E-state index is 13.2. The Bertz CT molecular complexity index is 1740. The highest BCUT2D eigenvalue weighted by atomic mass is 16.5. The Labute approximate surface area is 207 Å². The first-order chi connectivity index (χ1) is 17.3. The molecule has 1 aliphatic rings. The molecule has 1 atom stereocenters. The largest absolute Gasteiger partial charge is 0.497 e. The summed E-state index contributed by atoms with van der Waals surface area (Å²) >= 11 is 0. The second kappa shape index (κ2) is 8.29. The van der Waals surface area contributed by atoms with Crippen LogP contribution < -0.4 is 15.7 Å². The molecule has 3 aromatic heterocycles. The number of aromatic amines is 1. The first-order valence-corrected chi connectivity index (χ1v) is 12.3. The van der Waals surface area contributed by atoms with Crippen molar-refractivity contribution in [2.75, 3.05) is 7.11 Å². The Morgan fingerprint density at radius 1 is 1.06 bits per heavy atom. The molecule has 2 N–H and O–H groups in total. The predicted octanol–water partition coefficient (Wildman–Crippen LogP) is 5.69. The lowest BCUT2D eigenvalue weighted by molar-refractivity contribution is -0.121. The second-order valence-corrected chi connectivity index (χ2v) is 9.74. The number of fused-ring (bicyclic) bond motifs is 5. The molecular formula is C29H28N2O5. The van der Waals surface area contributed by atoms with E-state index in [1.165, 1.54) is 5.56 Å². The molecule has 0 unspecified atom stereocenters. The molecule has 7 heteroatoms. The summed E-state index contributed by atoms with van der Waals surface area (Å²) in [7, 11) is 1.66. The predicted molar refractivity (Wildman–Crippen MR) is 139 cm³/mol. The Morgan fingerprint density at radius 2 is 1.83 bits per heavy atom. The van der Waals surface area contributed by atoms with Gasteiger partial charge in [-0.05, 0) is 81.0 Å². The van der Waals surface area contributed by atoms with Gasteiger partial charge in [0, 0.05) is 33.4 Å². The molecule has 0 saturated carbocycles. The fourth-order valence-electron chi connectivity index (χ4n) is 5.55. The summed E-state index contributed by atoms with van der Waals surface area (Å²) in [6, 6.07) is 9.59. The van der Waals surface area contributed by atoms with Crippen LogP contribution in [-0.2, 0) is 17.6 Å². The molecule has 1 aliphatic carbocycles. The van der Waals surface area contributed by atoms with E-state index in [1.807, 2.05) is 45.0 Å². The fraction of sp³-hybridized carbons (Fsp3) is 0.310. The number of nitrogens with one attached hydrogen (secondary N) is 2. The van der Waals surface area contributed by atoms with Crippen molar-refractivity contribution in [3.63, 3.8) is 0 Å². The van der Waals surface area contributed by atoms with Gasteiger partial charge in [0.05, 0.1) is 25.1 Å². The number of rotatable bonds is 4. The van der Waals surface area contributed by atoms with Gasteiger partial charge in [0.2, 0.25) is 5.91 Å². The van der Waals surface area contributed by atoms with Crippen LogP contribution in [0.2, 0.25) is 0 Å². The minimum Gasteiger partial charge on any atom is -0.497 e. The standard InChI is InChI=1S/C29H28N2O5/c1-14-16(3)35-25-13-26-20(11-19(14)25)15(2)21(29(33)36-26)12-27(32)30-24-7-5-6-18-22-10-17(34-4)8-9-23(22)31-28(18)24/h8-11,13,24,31H,5-7,12H2,1-4H3,(H,30,32)/t24-/m0/s1. The van der Waals surface area contributed by atoms with E-state index in [4.69, 9.17) is 13.6 Å². The molecule has 36 heavy (non-hydrogen) atoms. The molecule has 0 bridgehead atoms. The second-order valence-electron chi connectivity index (χ2n) is 9.74. The summed E-state index contributed by atoms with van der Waals surface area (Å²) in [5, 5.41) is 6.09. The Morgan fingerprint density at radius 3 is 2.64 bits per heavy atom. The van der Waals surface area contributed by atoms with Crippen molar-refractivity contribution in [2.24, 2.45) is 0 Å². The monoisotopic (exact) mass is 484 g/mol. The molecule has 184 valence electrons. The summed E-state index contributed by atoms with van der Waals surface area (Å²) in [6.45, 7) is 5.80. The topological polar surface area (TPSA) is 97.5 Å². The van der Waals surface area contributed by atoms with Gasteiger partial charge < -0.3 is 23.9 Å². The van der Waals surface area contributed by atoms with Gasteiger partial charge in [0.15, 0.2) is 0 Å². The minimum atomic E-state index is -0.489. The zero-order chi connectivity index (χ0) is 25.1. The van der Waals surface area contributed by atoms with Crippen molar-refractivity contribution < 1.29 is 18.4 Å². The smallest absolute Gasteiger partial charge is 0.340 e. The van der Waals surface area contributed by atoms with E-state index >= 15 is 0 Å². The van der Waals surface area contributed by atoms with Crippen molar-refractivity contribution in [3.8, 4) is 5.75 Å². The number of hydrogen-bond donors (Lipinski definition) is 2. The van der Waals surface area contributed by atoms with Crippen LogP contribution in [0.4, 0.5) is 0 Å². The maximum Gasteiger partial charge on any atom is 0.340 e. The summed E-state index contributed by atoms with van der Waals surface area (Å²) in [5.41, 5.74) is 6.16. The summed E-state index contributed by atoms with van der Waals surface area (Å²) in [4.78, 5) is 29.5. The zero-order valence-corrected chi connectivity index (χ0v) is 20.8. The number of benzene rings is 2. The van der Waals surface area contributed by atoms with Crippen LogP contribution in [0.5, 0.6) is 5.75 Å². The molecule has 1 amide bonds. The molecule has 0 radical (unpaired) electrons. The number of amides is 1. The van der Waals surface area contributed by atoms with Crippen LogP contribution in [0.1, 0.15) is 52.6 Å². The lowest BCUT2D eigenvalue weighted by Gasteiger charge is -2.24. The van der Waals surface area contributed by atoms with Crippen LogP contribution in [0.3, 0.4) is 0 Å². The van der Waals surface area contributed by atoms with Crippen molar-refractivity contribution in [3.05, 3.63) is 74.5 Å². The van der Waals surface area contributed by atoms with Gasteiger partial charge in [0.25, 0.3) is 0 Å². The van der Waals surface area contributed by atoms with Crippen molar-refractivity contribution >= 4 is 38.7 Å². The van der Waals surface area contributed by atoms with Crippen LogP contribution in [0.15, 0.2) is 44.0 Å². The number of hydrogen-bond acceptors (Lipinski definition) is 5. The van der Waals surface area contributed by atoms with E-state index in [1.54, 1.807) is 13.2 Å². The molecular weight excluding hydrogens is 456 g/mol. The van der Waals surface area contributed by atoms with Crippen LogP contribution in [0, 0.1) is 20.8 Å². The van der Waals surface area contributed by atoms with E-state index in [0.29, 0.717) is 16.7 Å². The summed E-state index contributed by atoms with van der Waals surface area (Å²) < 4.78 is 16.8. The van der Waals surface area contributed by atoms with E-state index in [2.05, 4.69) is 10.3 Å². The number of carbonyl (C=O) groups is 1. The number of ether oxygens (including phenoxy) is 1. The zero-order valence-electron chi connectivity index (χ0n) is 20.8. The summed E-state index contributed by atoms with van der Waals surface area (Å²) in [6.07, 6.45) is 2.72. The van der Waals surface area contributed by atoms with Crippen LogP contribution in [-0.4, -0.2) is 18.0 Å². The van der Waals surface area contributed by atoms with Gasteiger partial charge in [-0.1, -0.05) is 0 Å². The van der Waals surface area contributed by atoms with Crippen LogP contribution in [0.25, 0.3) is 32.8 Å². The molecule has 3 heterocycles. The third-order valence-electron chi connectivity index (χ3n) is 7.67. The van der Waals surface area contributed by atoms with Gasteiger partial charge in [-0.3, -0.25) is 4.79 Å². The molecule has 0 aliphatic heterocycles. The molecule has 2 aromatic carbocycles. The third-order valence-corrected chi connectivity index (χ3v) is 7.67. The van der Waals surface area contributed by atoms with E-state index in [9.17, 15) is 9.59 Å². The lowest BCUT2D eigenvalue weighted by atomic mass is 9.91. The fourth-order valence-corrected chi connectivity index (χ4v) is 5.55. The van der Waals surface area contributed by atoms with E-state index in [0.717, 1.165) is 69.3 Å². The third kappa shape index (κ3) is 3.49. The molecule has 0 spiro atoms. The number of carbonyl (C=O) groups excluding carboxylic acids is 1. The highest BCUT2D eigenvalue weighted by Gasteiger charge is 2.27. The number of H-pyrrole nitrogens is 1. The lowest BCUT2D eigenvalue weighted by Crippen LogP contribution is -2.33. The van der Waals surface area contributed by atoms with Crippen molar-refractivity contribution in [2.45, 2.75) is 52.5 Å². The number of methoxy groups -OCH3 is 1. The number of aryl methyl sites for hydroxylation is 4. The number of furan rings is 1. The quantitative estimate of drug-likeness (QED) is 0.319. The highest BCUT2D eigenvalue weighted by molar-refractivity contribution is 5.97.